The van der Waals surface area contributed by atoms with Gasteiger partial charge in [-0.2, -0.15) is 0 Å². The van der Waals surface area contributed by atoms with Crippen molar-refractivity contribution in [1.29, 1.82) is 0 Å². The molecule has 1 aliphatic rings. The second-order valence-electron chi connectivity index (χ2n) is 4.76. The Hall–Kier alpha value is 0.490. The van der Waals surface area contributed by atoms with Gasteiger partial charge in [0.15, 0.2) is 0 Å². The van der Waals surface area contributed by atoms with Crippen LogP contribution in [-0.2, 0) is 14.8 Å². The molecule has 5 nitrogen and oxygen atoms in total. The van der Waals surface area contributed by atoms with Crippen molar-refractivity contribution in [2.45, 2.75) is 30.3 Å². The molecule has 0 atom stereocenters. The van der Waals surface area contributed by atoms with Crippen molar-refractivity contribution < 1.29 is 13.2 Å². The van der Waals surface area contributed by atoms with E-state index in [1.54, 1.807) is 6.07 Å². The second kappa shape index (κ2) is 8.37. The summed E-state index contributed by atoms with van der Waals surface area (Å²) in [6.45, 7) is 2.96. The number of nitrogens with one attached hydrogen (secondary N) is 2. The fraction of sp³-hybridized carbons (Fsp3) is 0.667. The molecule has 21 heavy (non-hydrogen) atoms. The monoisotopic (exact) mass is 460 g/mol. The van der Waals surface area contributed by atoms with Crippen molar-refractivity contribution in [3.63, 3.8) is 0 Å². The maximum Gasteiger partial charge on any atom is 0.242 e. The van der Waals surface area contributed by atoms with Crippen LogP contribution in [0.5, 0.6) is 0 Å². The summed E-state index contributed by atoms with van der Waals surface area (Å²) in [4.78, 5) is 0.277. The van der Waals surface area contributed by atoms with E-state index in [-0.39, 0.29) is 4.90 Å². The molecular weight excluding hydrogens is 444 g/mol. The van der Waals surface area contributed by atoms with Crippen LogP contribution in [0.2, 0.25) is 0 Å². The normalized spacial score (nSPS) is 17.2. The lowest BCUT2D eigenvalue weighted by molar-refractivity contribution is 0.0322. The molecule has 0 aromatic carbocycles. The molecule has 120 valence electrons. The minimum atomic E-state index is -3.46. The summed E-state index contributed by atoms with van der Waals surface area (Å²) in [7, 11) is -3.46. The predicted molar refractivity (Wildman–Crippen MR) is 91.4 cm³/mol. The van der Waals surface area contributed by atoms with Crippen molar-refractivity contribution in [2.24, 2.45) is 0 Å². The molecule has 0 spiro atoms. The average molecular weight is 462 g/mol. The van der Waals surface area contributed by atoms with Crippen LogP contribution in [0.3, 0.4) is 0 Å². The molecule has 0 aliphatic carbocycles. The van der Waals surface area contributed by atoms with E-state index < -0.39 is 10.0 Å². The van der Waals surface area contributed by atoms with E-state index >= 15 is 0 Å². The Morgan fingerprint density at radius 2 is 2.10 bits per heavy atom. The van der Waals surface area contributed by atoms with Crippen molar-refractivity contribution in [2.75, 3.05) is 26.2 Å². The first-order valence-corrected chi connectivity index (χ1v) is 10.6. The van der Waals surface area contributed by atoms with Gasteiger partial charge in [-0.05, 0) is 70.3 Å². The van der Waals surface area contributed by atoms with Gasteiger partial charge in [0.1, 0.15) is 4.90 Å². The first-order valence-electron chi connectivity index (χ1n) is 6.76. The third-order valence-electron chi connectivity index (χ3n) is 3.17. The number of piperidine rings is 1. The van der Waals surface area contributed by atoms with Gasteiger partial charge >= 0.3 is 0 Å². The maximum absolute atomic E-state index is 12.1. The molecule has 0 bridgehead atoms. The van der Waals surface area contributed by atoms with Crippen LogP contribution in [0, 0.1) is 0 Å². The largest absolute Gasteiger partial charge is 0.378 e. The van der Waals surface area contributed by atoms with Crippen molar-refractivity contribution >= 4 is 53.2 Å². The molecule has 0 amide bonds. The summed E-state index contributed by atoms with van der Waals surface area (Å²) in [5, 5.41) is 3.28. The molecule has 1 saturated heterocycles. The average Bonchev–Trinajstić information content (AvgIpc) is 2.79. The highest BCUT2D eigenvalue weighted by molar-refractivity contribution is 9.12. The van der Waals surface area contributed by atoms with Gasteiger partial charge in [-0.25, -0.2) is 13.1 Å². The van der Waals surface area contributed by atoms with Gasteiger partial charge in [-0.3, -0.25) is 0 Å². The highest BCUT2D eigenvalue weighted by Gasteiger charge is 2.20. The highest BCUT2D eigenvalue weighted by atomic mass is 79.9. The molecule has 1 fully saturated rings. The van der Waals surface area contributed by atoms with Gasteiger partial charge in [0.2, 0.25) is 10.0 Å². The molecular formula is C12H18Br2N2O3S2. The third-order valence-corrected chi connectivity index (χ3v) is 7.38. The van der Waals surface area contributed by atoms with E-state index in [0.717, 1.165) is 29.7 Å². The fourth-order valence-corrected chi connectivity index (χ4v) is 6.96. The number of hydrogen-bond donors (Lipinski definition) is 2. The Morgan fingerprint density at radius 3 is 2.71 bits per heavy atom. The third kappa shape index (κ3) is 5.56. The maximum atomic E-state index is 12.1. The summed E-state index contributed by atoms with van der Waals surface area (Å²) in [5.41, 5.74) is 0. The van der Waals surface area contributed by atoms with E-state index in [1.807, 2.05) is 0 Å². The van der Waals surface area contributed by atoms with Crippen LogP contribution < -0.4 is 10.0 Å². The van der Waals surface area contributed by atoms with Crippen molar-refractivity contribution in [3.05, 3.63) is 13.6 Å². The van der Waals surface area contributed by atoms with Crippen LogP contribution >= 0.6 is 43.2 Å². The van der Waals surface area contributed by atoms with Crippen LogP contribution in [0.15, 0.2) is 18.5 Å². The predicted octanol–water partition coefficient (Wildman–Crippen LogP) is 2.71. The summed E-state index contributed by atoms with van der Waals surface area (Å²) < 4.78 is 34.0. The molecule has 0 unspecified atom stereocenters. The molecule has 0 saturated carbocycles. The molecule has 2 rings (SSSR count). The van der Waals surface area contributed by atoms with Gasteiger partial charge in [0, 0.05) is 13.2 Å². The lowest BCUT2D eigenvalue weighted by Gasteiger charge is -2.22. The van der Waals surface area contributed by atoms with Crippen LogP contribution in [0.4, 0.5) is 0 Å². The molecule has 9 heteroatoms. The Balaban J connectivity index is 1.71. The number of halogens is 2. The lowest BCUT2D eigenvalue weighted by atomic mass is 10.1. The number of hydrogen-bond acceptors (Lipinski definition) is 5. The van der Waals surface area contributed by atoms with E-state index in [0.29, 0.717) is 29.5 Å². The van der Waals surface area contributed by atoms with E-state index in [2.05, 4.69) is 41.9 Å². The molecule has 1 aromatic heterocycles. The quantitative estimate of drug-likeness (QED) is 0.612. The number of sulfonamides is 1. The Kier molecular flexibility index (Phi) is 7.11. The van der Waals surface area contributed by atoms with Crippen LogP contribution in [0.25, 0.3) is 0 Å². The van der Waals surface area contributed by atoms with Crippen LogP contribution in [-0.4, -0.2) is 40.8 Å². The van der Waals surface area contributed by atoms with Gasteiger partial charge in [0.25, 0.3) is 0 Å². The summed E-state index contributed by atoms with van der Waals surface area (Å²) >= 11 is 7.89. The van der Waals surface area contributed by atoms with E-state index in [4.69, 9.17) is 4.74 Å². The molecule has 2 heterocycles. The zero-order valence-electron chi connectivity index (χ0n) is 11.4. The second-order valence-corrected chi connectivity index (χ2v) is 10.2. The zero-order valence-corrected chi connectivity index (χ0v) is 16.2. The van der Waals surface area contributed by atoms with Gasteiger partial charge in [-0.15, -0.1) is 11.3 Å². The summed E-state index contributed by atoms with van der Waals surface area (Å²) in [6.07, 6.45) is 3.04. The standard InChI is InChI=1S/C12H18Br2N2O3S2/c13-11-8-10(12(14)20-11)21(17,18)16-4-1-7-19-9-2-5-15-6-3-9/h8-9,15-16H,1-7H2. The number of ether oxygens (including phenoxy) is 1. The topological polar surface area (TPSA) is 67.4 Å². The number of thiophene rings is 1. The van der Waals surface area contributed by atoms with Crippen LogP contribution in [0.1, 0.15) is 19.3 Å². The first kappa shape index (κ1) is 17.8. The Bertz CT molecular complexity index is 557. The highest BCUT2D eigenvalue weighted by Crippen LogP contribution is 2.34. The molecule has 1 aromatic rings. The Labute approximate surface area is 146 Å². The van der Waals surface area contributed by atoms with E-state index in [1.165, 1.54) is 11.3 Å². The minimum Gasteiger partial charge on any atom is -0.378 e. The SMILES string of the molecule is O=S(=O)(NCCCOC1CCNCC1)c1cc(Br)sc1Br. The van der Waals surface area contributed by atoms with E-state index in [9.17, 15) is 8.42 Å². The molecule has 2 N–H and O–H groups in total. The van der Waals surface area contributed by atoms with Gasteiger partial charge in [0.05, 0.1) is 13.7 Å². The molecule has 1 aliphatic heterocycles. The first-order chi connectivity index (χ1) is 9.99. The Morgan fingerprint density at radius 1 is 1.38 bits per heavy atom. The zero-order chi connectivity index (χ0) is 15.3. The van der Waals surface area contributed by atoms with Crippen molar-refractivity contribution in [3.8, 4) is 0 Å². The van der Waals surface area contributed by atoms with Gasteiger partial charge < -0.3 is 10.1 Å². The van der Waals surface area contributed by atoms with Crippen molar-refractivity contribution in [1.82, 2.24) is 10.0 Å². The lowest BCUT2D eigenvalue weighted by Crippen LogP contribution is -2.33. The number of rotatable bonds is 7. The minimum absolute atomic E-state index is 0.277. The smallest absolute Gasteiger partial charge is 0.242 e. The molecule has 0 radical (unpaired) electrons. The fourth-order valence-electron chi connectivity index (χ4n) is 2.08. The van der Waals surface area contributed by atoms with Gasteiger partial charge in [-0.1, -0.05) is 0 Å². The summed E-state index contributed by atoms with van der Waals surface area (Å²) in [5.74, 6) is 0. The summed E-state index contributed by atoms with van der Waals surface area (Å²) in [6, 6.07) is 1.60.